The van der Waals surface area contributed by atoms with Crippen LogP contribution in [0.4, 0.5) is 5.69 Å². The van der Waals surface area contributed by atoms with Gasteiger partial charge >= 0.3 is 0 Å². The number of hydrogen-bond acceptors (Lipinski definition) is 4. The molecule has 2 aromatic rings. The number of aromatic nitrogens is 2. The van der Waals surface area contributed by atoms with Crippen molar-refractivity contribution in [2.24, 2.45) is 18.4 Å². The summed E-state index contributed by atoms with van der Waals surface area (Å²) in [6, 6.07) is 7.13. The van der Waals surface area contributed by atoms with Crippen molar-refractivity contribution in [1.82, 2.24) is 15.1 Å². The predicted molar refractivity (Wildman–Crippen MR) is 108 cm³/mol. The quantitative estimate of drug-likeness (QED) is 0.787. The van der Waals surface area contributed by atoms with E-state index in [9.17, 15) is 9.59 Å². The molecule has 7 heteroatoms. The molecule has 3 rings (SSSR count). The van der Waals surface area contributed by atoms with Crippen molar-refractivity contribution in [3.05, 3.63) is 47.8 Å². The van der Waals surface area contributed by atoms with Gasteiger partial charge in [-0.15, -0.1) is 12.4 Å². The minimum Gasteiger partial charge on any atom is -0.326 e. The summed E-state index contributed by atoms with van der Waals surface area (Å²) >= 11 is 0. The van der Waals surface area contributed by atoms with E-state index >= 15 is 0 Å². The van der Waals surface area contributed by atoms with E-state index in [0.29, 0.717) is 17.8 Å². The summed E-state index contributed by atoms with van der Waals surface area (Å²) in [5.74, 6) is 0.0475. The summed E-state index contributed by atoms with van der Waals surface area (Å²) in [6.45, 7) is 7.11. The number of halogens is 1. The smallest absolute Gasteiger partial charge is 0.229 e. The second kappa shape index (κ2) is 8.23. The second-order valence-corrected chi connectivity index (χ2v) is 7.96. The Balaban J connectivity index is 0.00000261. The maximum absolute atomic E-state index is 12.7. The van der Waals surface area contributed by atoms with Crippen LogP contribution in [0, 0.1) is 11.3 Å². The molecule has 2 N–H and O–H groups in total. The molecule has 146 valence electrons. The normalized spacial score (nSPS) is 19.4. The Morgan fingerprint density at radius 2 is 1.85 bits per heavy atom. The Hall–Kier alpha value is -2.18. The highest BCUT2D eigenvalue weighted by Gasteiger charge is 2.34. The summed E-state index contributed by atoms with van der Waals surface area (Å²) in [6.07, 6.45) is 3.79. The summed E-state index contributed by atoms with van der Waals surface area (Å²) < 4.78 is 1.76. The first-order valence-electron chi connectivity index (χ1n) is 8.90. The van der Waals surface area contributed by atoms with Crippen LogP contribution in [0.25, 0.3) is 0 Å². The molecule has 1 aliphatic heterocycles. The molecule has 1 saturated heterocycles. The van der Waals surface area contributed by atoms with Crippen molar-refractivity contribution < 1.29 is 9.59 Å². The van der Waals surface area contributed by atoms with Crippen molar-refractivity contribution in [2.45, 2.75) is 26.7 Å². The highest BCUT2D eigenvalue weighted by Crippen LogP contribution is 2.29. The molecule has 0 bridgehead atoms. The van der Waals surface area contributed by atoms with Crippen molar-refractivity contribution in [1.29, 1.82) is 0 Å². The molecule has 1 aromatic heterocycles. The molecule has 0 saturated carbocycles. The lowest BCUT2D eigenvalue weighted by Crippen LogP contribution is -2.28. The van der Waals surface area contributed by atoms with E-state index in [1.807, 2.05) is 40.2 Å². The lowest BCUT2D eigenvalue weighted by Gasteiger charge is -2.18. The lowest BCUT2D eigenvalue weighted by atomic mass is 9.86. The van der Waals surface area contributed by atoms with Crippen molar-refractivity contribution in [2.75, 3.05) is 18.4 Å². The zero-order valence-electron chi connectivity index (χ0n) is 16.2. The summed E-state index contributed by atoms with van der Waals surface area (Å²) in [4.78, 5) is 25.0. The first-order valence-corrected chi connectivity index (χ1v) is 8.90. The highest BCUT2D eigenvalue weighted by molar-refractivity contribution is 6.00. The number of ketones is 1. The summed E-state index contributed by atoms with van der Waals surface area (Å²) in [7, 11) is 1.88. The number of nitrogens with zero attached hydrogens (tertiary/aromatic N) is 2. The van der Waals surface area contributed by atoms with Crippen LogP contribution in [0.15, 0.2) is 36.7 Å². The van der Waals surface area contributed by atoms with Gasteiger partial charge in [0.15, 0.2) is 5.78 Å². The van der Waals surface area contributed by atoms with Crippen LogP contribution in [0.5, 0.6) is 0 Å². The zero-order chi connectivity index (χ0) is 18.9. The van der Waals surface area contributed by atoms with Crippen molar-refractivity contribution >= 4 is 29.8 Å². The van der Waals surface area contributed by atoms with Crippen LogP contribution in [-0.2, 0) is 11.8 Å². The number of hydrogen-bond donors (Lipinski definition) is 2. The Morgan fingerprint density at radius 3 is 2.41 bits per heavy atom. The molecule has 0 radical (unpaired) electrons. The third-order valence-corrected chi connectivity index (χ3v) is 4.80. The topological polar surface area (TPSA) is 76.0 Å². The third-order valence-electron chi connectivity index (χ3n) is 4.80. The monoisotopic (exact) mass is 390 g/mol. The van der Waals surface area contributed by atoms with Gasteiger partial charge < -0.3 is 10.6 Å². The Labute approximate surface area is 166 Å². The number of nitrogens with one attached hydrogen (secondary N) is 2. The maximum atomic E-state index is 12.7. The molecule has 2 atom stereocenters. The standard InChI is InChI=1S/C20H26N4O2.ClH/c1-20(2,3)18(25)13-5-7-15(8-6-13)23-19(26)17-11-21-10-16(17)14-9-22-24(4)12-14;/h5-9,12,16-17,21H,10-11H2,1-4H3,(H,23,26);1H/t16-,17+;/m1./s1. The SMILES string of the molecule is Cl.Cn1cc([C@H]2CNC[C@@H]2C(=O)Nc2ccc(C(=O)C(C)(C)C)cc2)cn1. The fraction of sp³-hybridized carbons (Fsp3) is 0.450. The van der Waals surface area contributed by atoms with Crippen LogP contribution in [0.2, 0.25) is 0 Å². The first-order chi connectivity index (χ1) is 12.3. The molecular weight excluding hydrogens is 364 g/mol. The van der Waals surface area contributed by atoms with Crippen LogP contribution in [0.1, 0.15) is 42.6 Å². The summed E-state index contributed by atoms with van der Waals surface area (Å²) in [5, 5.41) is 10.5. The largest absolute Gasteiger partial charge is 0.326 e. The van der Waals surface area contributed by atoms with Gasteiger partial charge in [-0.25, -0.2) is 0 Å². The van der Waals surface area contributed by atoms with Gasteiger partial charge in [-0.3, -0.25) is 14.3 Å². The minimum atomic E-state index is -0.419. The third kappa shape index (κ3) is 4.76. The summed E-state index contributed by atoms with van der Waals surface area (Å²) in [5.41, 5.74) is 2.02. The molecule has 6 nitrogen and oxygen atoms in total. The molecule has 1 fully saturated rings. The van der Waals surface area contributed by atoms with Crippen LogP contribution < -0.4 is 10.6 Å². The molecule has 1 aliphatic rings. The molecule has 1 amide bonds. The van der Waals surface area contributed by atoms with Gasteiger partial charge in [0.1, 0.15) is 0 Å². The molecule has 27 heavy (non-hydrogen) atoms. The van der Waals surface area contributed by atoms with Gasteiger partial charge in [0.2, 0.25) is 5.91 Å². The Morgan fingerprint density at radius 1 is 1.19 bits per heavy atom. The molecule has 0 aliphatic carbocycles. The van der Waals surface area contributed by atoms with Crippen molar-refractivity contribution in [3.8, 4) is 0 Å². The van der Waals surface area contributed by atoms with Crippen molar-refractivity contribution in [3.63, 3.8) is 0 Å². The van der Waals surface area contributed by atoms with Gasteiger partial charge in [0.05, 0.1) is 12.1 Å². The van der Waals surface area contributed by atoms with Gasteiger partial charge in [0, 0.05) is 48.9 Å². The van der Waals surface area contributed by atoms with E-state index in [0.717, 1.165) is 12.1 Å². The number of carbonyl (C=O) groups excluding carboxylic acids is 2. The fourth-order valence-corrected chi connectivity index (χ4v) is 3.31. The number of rotatable bonds is 4. The van der Waals surface area contributed by atoms with Crippen LogP contribution in [0.3, 0.4) is 0 Å². The van der Waals surface area contributed by atoms with E-state index in [-0.39, 0.29) is 35.9 Å². The highest BCUT2D eigenvalue weighted by atomic mass is 35.5. The molecule has 1 aromatic carbocycles. The molecule has 0 unspecified atom stereocenters. The minimum absolute atomic E-state index is 0. The molecular formula is C20H27ClN4O2. The Bertz CT molecular complexity index is 808. The van der Waals surface area contributed by atoms with Gasteiger partial charge in [-0.1, -0.05) is 20.8 Å². The van der Waals surface area contributed by atoms with Crippen LogP contribution in [-0.4, -0.2) is 34.6 Å². The van der Waals surface area contributed by atoms with Crippen LogP contribution >= 0.6 is 12.4 Å². The number of Topliss-reactive ketones (excluding diaryl/α,β-unsaturated/α-hetero) is 1. The van der Waals surface area contributed by atoms with E-state index in [2.05, 4.69) is 15.7 Å². The van der Waals surface area contributed by atoms with E-state index in [4.69, 9.17) is 0 Å². The first kappa shape index (κ1) is 21.1. The lowest BCUT2D eigenvalue weighted by molar-refractivity contribution is -0.119. The number of carbonyl (C=O) groups is 2. The van der Waals surface area contributed by atoms with E-state index < -0.39 is 5.41 Å². The zero-order valence-corrected chi connectivity index (χ0v) is 17.0. The number of benzene rings is 1. The van der Waals surface area contributed by atoms with Gasteiger partial charge in [0.25, 0.3) is 0 Å². The van der Waals surface area contributed by atoms with Gasteiger partial charge in [-0.2, -0.15) is 5.10 Å². The number of anilines is 1. The van der Waals surface area contributed by atoms with Gasteiger partial charge in [-0.05, 0) is 29.8 Å². The average molecular weight is 391 g/mol. The average Bonchev–Trinajstić information content (AvgIpc) is 3.22. The number of amides is 1. The van der Waals surface area contributed by atoms with E-state index in [1.54, 1.807) is 28.9 Å². The maximum Gasteiger partial charge on any atom is 0.229 e. The molecule has 2 heterocycles. The molecule has 0 spiro atoms. The fourth-order valence-electron chi connectivity index (χ4n) is 3.31. The second-order valence-electron chi connectivity index (χ2n) is 7.96. The predicted octanol–water partition coefficient (Wildman–Crippen LogP) is 3.01. The van der Waals surface area contributed by atoms with E-state index in [1.165, 1.54) is 0 Å². The number of aryl methyl sites for hydroxylation is 1. The Kier molecular flexibility index (Phi) is 6.44.